The molecule has 0 saturated heterocycles. The van der Waals surface area contributed by atoms with Crippen LogP contribution in [0.5, 0.6) is 0 Å². The van der Waals surface area contributed by atoms with Crippen LogP contribution in [0.15, 0.2) is 0 Å². The second kappa shape index (κ2) is 7.63. The molecule has 0 rings (SSSR count). The SMILES string of the molecule is COCCCCC(C)(NC(C)C)C(=O)OC. The largest absolute Gasteiger partial charge is 0.468 e. The lowest BCUT2D eigenvalue weighted by molar-refractivity contribution is -0.148. The van der Waals surface area contributed by atoms with Gasteiger partial charge in [0, 0.05) is 19.8 Å². The zero-order chi connectivity index (χ0) is 12.6. The number of methoxy groups -OCH3 is 2. The summed E-state index contributed by atoms with van der Waals surface area (Å²) in [6.45, 7) is 6.68. The minimum Gasteiger partial charge on any atom is -0.468 e. The molecule has 0 aliphatic rings. The second-order valence-corrected chi connectivity index (χ2v) is 4.57. The number of carbonyl (C=O) groups excluding carboxylic acids is 1. The first kappa shape index (κ1) is 15.4. The third-order valence-electron chi connectivity index (χ3n) is 2.52. The number of hydrogen-bond acceptors (Lipinski definition) is 4. The standard InChI is InChI=1S/C12H25NO3/c1-10(2)13-12(3,11(14)16-5)8-6-7-9-15-4/h10,13H,6-9H2,1-5H3. The Morgan fingerprint density at radius 3 is 2.38 bits per heavy atom. The van der Waals surface area contributed by atoms with E-state index in [9.17, 15) is 4.79 Å². The number of carbonyl (C=O) groups is 1. The summed E-state index contributed by atoms with van der Waals surface area (Å²) in [5, 5.41) is 3.27. The van der Waals surface area contributed by atoms with Gasteiger partial charge in [-0.05, 0) is 40.0 Å². The van der Waals surface area contributed by atoms with Gasteiger partial charge in [-0.15, -0.1) is 0 Å². The van der Waals surface area contributed by atoms with Crippen molar-refractivity contribution in [3.8, 4) is 0 Å². The van der Waals surface area contributed by atoms with Crippen LogP contribution in [-0.4, -0.2) is 38.4 Å². The highest BCUT2D eigenvalue weighted by Gasteiger charge is 2.33. The average molecular weight is 231 g/mol. The van der Waals surface area contributed by atoms with Gasteiger partial charge in [0.05, 0.1) is 7.11 Å². The molecule has 4 nitrogen and oxygen atoms in total. The van der Waals surface area contributed by atoms with Crippen molar-refractivity contribution >= 4 is 5.97 Å². The van der Waals surface area contributed by atoms with Crippen molar-refractivity contribution in [3.63, 3.8) is 0 Å². The van der Waals surface area contributed by atoms with Gasteiger partial charge in [0.15, 0.2) is 0 Å². The van der Waals surface area contributed by atoms with E-state index >= 15 is 0 Å². The number of rotatable bonds is 8. The van der Waals surface area contributed by atoms with Crippen LogP contribution < -0.4 is 5.32 Å². The summed E-state index contributed by atoms with van der Waals surface area (Å²) < 4.78 is 9.83. The van der Waals surface area contributed by atoms with Gasteiger partial charge in [-0.25, -0.2) is 0 Å². The highest BCUT2D eigenvalue weighted by molar-refractivity contribution is 5.80. The molecule has 1 N–H and O–H groups in total. The highest BCUT2D eigenvalue weighted by Crippen LogP contribution is 2.16. The van der Waals surface area contributed by atoms with Crippen molar-refractivity contribution in [1.29, 1.82) is 0 Å². The summed E-state index contributed by atoms with van der Waals surface area (Å²) in [5.41, 5.74) is -0.587. The van der Waals surface area contributed by atoms with Gasteiger partial charge in [0.2, 0.25) is 0 Å². The zero-order valence-electron chi connectivity index (χ0n) is 11.1. The minimum atomic E-state index is -0.587. The minimum absolute atomic E-state index is 0.196. The summed E-state index contributed by atoms with van der Waals surface area (Å²) in [5.74, 6) is -0.196. The third kappa shape index (κ3) is 5.47. The zero-order valence-corrected chi connectivity index (χ0v) is 11.1. The molecule has 0 aliphatic carbocycles. The molecule has 0 aromatic heterocycles. The first-order valence-electron chi connectivity index (χ1n) is 5.81. The monoisotopic (exact) mass is 231 g/mol. The number of nitrogens with one attached hydrogen (secondary N) is 1. The lowest BCUT2D eigenvalue weighted by atomic mass is 9.94. The number of esters is 1. The Balaban J connectivity index is 4.25. The Kier molecular flexibility index (Phi) is 7.34. The van der Waals surface area contributed by atoms with Crippen molar-refractivity contribution in [2.75, 3.05) is 20.8 Å². The molecule has 0 aromatic rings. The van der Waals surface area contributed by atoms with Crippen LogP contribution in [0.4, 0.5) is 0 Å². The lowest BCUT2D eigenvalue weighted by Crippen LogP contribution is -2.52. The Morgan fingerprint density at radius 2 is 1.94 bits per heavy atom. The van der Waals surface area contributed by atoms with Crippen LogP contribution in [0.3, 0.4) is 0 Å². The summed E-state index contributed by atoms with van der Waals surface area (Å²) in [7, 11) is 3.11. The molecule has 1 unspecified atom stereocenters. The number of unbranched alkanes of at least 4 members (excludes halogenated alkanes) is 1. The summed E-state index contributed by atoms with van der Waals surface area (Å²) in [6, 6.07) is 0.256. The van der Waals surface area contributed by atoms with E-state index in [2.05, 4.69) is 5.32 Å². The molecular formula is C12H25NO3. The Morgan fingerprint density at radius 1 is 1.31 bits per heavy atom. The molecule has 0 saturated carbocycles. The van der Waals surface area contributed by atoms with Gasteiger partial charge in [0.25, 0.3) is 0 Å². The molecule has 4 heteroatoms. The molecule has 0 amide bonds. The van der Waals surface area contributed by atoms with Crippen LogP contribution in [0, 0.1) is 0 Å². The second-order valence-electron chi connectivity index (χ2n) is 4.57. The van der Waals surface area contributed by atoms with E-state index in [1.165, 1.54) is 7.11 Å². The smallest absolute Gasteiger partial charge is 0.325 e. The third-order valence-corrected chi connectivity index (χ3v) is 2.52. The maximum Gasteiger partial charge on any atom is 0.325 e. The van der Waals surface area contributed by atoms with E-state index in [0.29, 0.717) is 0 Å². The van der Waals surface area contributed by atoms with Gasteiger partial charge in [-0.3, -0.25) is 10.1 Å². The molecule has 0 fully saturated rings. The molecular weight excluding hydrogens is 206 g/mol. The lowest BCUT2D eigenvalue weighted by Gasteiger charge is -2.30. The van der Waals surface area contributed by atoms with Crippen molar-refractivity contribution in [1.82, 2.24) is 5.32 Å². The van der Waals surface area contributed by atoms with Crippen molar-refractivity contribution in [2.45, 2.75) is 51.6 Å². The first-order chi connectivity index (χ1) is 7.46. The van der Waals surface area contributed by atoms with Gasteiger partial charge >= 0.3 is 5.97 Å². The molecule has 96 valence electrons. The predicted molar refractivity (Wildman–Crippen MR) is 64.4 cm³/mol. The predicted octanol–water partition coefficient (Wildman–Crippen LogP) is 1.73. The van der Waals surface area contributed by atoms with E-state index in [-0.39, 0.29) is 12.0 Å². The fourth-order valence-electron chi connectivity index (χ4n) is 1.82. The topological polar surface area (TPSA) is 47.6 Å². The van der Waals surface area contributed by atoms with E-state index in [0.717, 1.165) is 25.9 Å². The molecule has 0 aliphatic heterocycles. The van der Waals surface area contributed by atoms with Gasteiger partial charge in [-0.2, -0.15) is 0 Å². The highest BCUT2D eigenvalue weighted by atomic mass is 16.5. The summed E-state index contributed by atoms with van der Waals surface area (Å²) >= 11 is 0. The van der Waals surface area contributed by atoms with Gasteiger partial charge in [0.1, 0.15) is 5.54 Å². The van der Waals surface area contributed by atoms with E-state index < -0.39 is 5.54 Å². The quantitative estimate of drug-likeness (QED) is 0.510. The maximum atomic E-state index is 11.7. The van der Waals surface area contributed by atoms with E-state index in [4.69, 9.17) is 9.47 Å². The summed E-state index contributed by atoms with van der Waals surface area (Å²) in [6.07, 6.45) is 2.67. The molecule has 0 heterocycles. The van der Waals surface area contributed by atoms with Crippen LogP contribution >= 0.6 is 0 Å². The fourth-order valence-corrected chi connectivity index (χ4v) is 1.82. The molecule has 1 atom stereocenters. The van der Waals surface area contributed by atoms with E-state index in [1.807, 2.05) is 20.8 Å². The van der Waals surface area contributed by atoms with Crippen molar-refractivity contribution in [2.24, 2.45) is 0 Å². The fraction of sp³-hybridized carbons (Fsp3) is 0.917. The maximum absolute atomic E-state index is 11.7. The number of ether oxygens (including phenoxy) is 2. The Labute approximate surface area is 98.7 Å². The van der Waals surface area contributed by atoms with Crippen molar-refractivity contribution in [3.05, 3.63) is 0 Å². The van der Waals surface area contributed by atoms with Crippen LogP contribution in [0.25, 0.3) is 0 Å². The molecule has 0 spiro atoms. The van der Waals surface area contributed by atoms with Crippen LogP contribution in [-0.2, 0) is 14.3 Å². The van der Waals surface area contributed by atoms with Gasteiger partial charge in [-0.1, -0.05) is 0 Å². The molecule has 0 aromatic carbocycles. The van der Waals surface area contributed by atoms with Crippen LogP contribution in [0.2, 0.25) is 0 Å². The van der Waals surface area contributed by atoms with Crippen molar-refractivity contribution < 1.29 is 14.3 Å². The normalized spacial score (nSPS) is 14.9. The Bertz CT molecular complexity index is 206. The molecule has 0 bridgehead atoms. The van der Waals surface area contributed by atoms with Crippen LogP contribution in [0.1, 0.15) is 40.0 Å². The average Bonchev–Trinajstić information content (AvgIpc) is 2.22. The first-order valence-corrected chi connectivity index (χ1v) is 5.81. The van der Waals surface area contributed by atoms with E-state index in [1.54, 1.807) is 7.11 Å². The summed E-state index contributed by atoms with van der Waals surface area (Å²) in [4.78, 5) is 11.7. The molecule has 16 heavy (non-hydrogen) atoms. The Hall–Kier alpha value is -0.610. The number of hydrogen-bond donors (Lipinski definition) is 1. The molecule has 0 radical (unpaired) electrons. The van der Waals surface area contributed by atoms with Gasteiger partial charge < -0.3 is 9.47 Å².